The molecular formula is C21H26ClIN4O. The SMILES string of the molecule is CN=C(NCCc1cccc(C(=O)NC)c1)NC1CC1c1cccc(Cl)c1.I. The van der Waals surface area contributed by atoms with E-state index in [4.69, 9.17) is 11.6 Å². The van der Waals surface area contributed by atoms with Gasteiger partial charge in [-0.2, -0.15) is 0 Å². The van der Waals surface area contributed by atoms with E-state index in [0.29, 0.717) is 17.5 Å². The fourth-order valence-corrected chi connectivity index (χ4v) is 3.37. The van der Waals surface area contributed by atoms with E-state index in [2.05, 4.69) is 27.0 Å². The van der Waals surface area contributed by atoms with Crippen molar-refractivity contribution in [1.29, 1.82) is 0 Å². The van der Waals surface area contributed by atoms with Gasteiger partial charge in [0.2, 0.25) is 0 Å². The smallest absolute Gasteiger partial charge is 0.251 e. The van der Waals surface area contributed by atoms with E-state index in [9.17, 15) is 4.79 Å². The molecule has 1 aliphatic carbocycles. The molecule has 1 aliphatic rings. The molecule has 0 heterocycles. The van der Waals surface area contributed by atoms with E-state index in [1.165, 1.54) is 5.56 Å². The Hall–Kier alpha value is -1.80. The molecule has 0 aliphatic heterocycles. The molecule has 2 unspecified atom stereocenters. The van der Waals surface area contributed by atoms with Crippen LogP contribution in [0, 0.1) is 0 Å². The van der Waals surface area contributed by atoms with Crippen LogP contribution in [0.15, 0.2) is 53.5 Å². The molecule has 3 N–H and O–H groups in total. The average molecular weight is 513 g/mol. The molecule has 28 heavy (non-hydrogen) atoms. The van der Waals surface area contributed by atoms with E-state index < -0.39 is 0 Å². The van der Waals surface area contributed by atoms with Crippen LogP contribution in [0.5, 0.6) is 0 Å². The number of amides is 1. The summed E-state index contributed by atoms with van der Waals surface area (Å²) in [6.45, 7) is 0.741. The molecule has 0 radical (unpaired) electrons. The minimum atomic E-state index is -0.0666. The minimum absolute atomic E-state index is 0. The van der Waals surface area contributed by atoms with Crippen LogP contribution < -0.4 is 16.0 Å². The Kier molecular flexibility index (Phi) is 8.57. The highest BCUT2D eigenvalue weighted by Crippen LogP contribution is 2.41. The van der Waals surface area contributed by atoms with Gasteiger partial charge in [-0.1, -0.05) is 35.9 Å². The van der Waals surface area contributed by atoms with Gasteiger partial charge in [0.1, 0.15) is 0 Å². The third kappa shape index (κ3) is 6.10. The second kappa shape index (κ2) is 10.7. The van der Waals surface area contributed by atoms with Gasteiger partial charge in [0, 0.05) is 43.2 Å². The third-order valence-electron chi connectivity index (χ3n) is 4.74. The first kappa shape index (κ1) is 22.5. The number of hydrogen-bond acceptors (Lipinski definition) is 2. The molecule has 2 aromatic rings. The summed E-state index contributed by atoms with van der Waals surface area (Å²) < 4.78 is 0. The highest BCUT2D eigenvalue weighted by Gasteiger charge is 2.39. The number of halogens is 2. The van der Waals surface area contributed by atoms with E-state index in [1.54, 1.807) is 14.1 Å². The zero-order valence-electron chi connectivity index (χ0n) is 16.0. The van der Waals surface area contributed by atoms with Crippen molar-refractivity contribution in [2.45, 2.75) is 24.8 Å². The third-order valence-corrected chi connectivity index (χ3v) is 4.97. The van der Waals surface area contributed by atoms with Gasteiger partial charge >= 0.3 is 0 Å². The number of guanidine groups is 1. The maximum atomic E-state index is 11.7. The monoisotopic (exact) mass is 512 g/mol. The lowest BCUT2D eigenvalue weighted by atomic mass is 10.1. The Morgan fingerprint density at radius 2 is 2.00 bits per heavy atom. The summed E-state index contributed by atoms with van der Waals surface area (Å²) in [6, 6.07) is 16.1. The summed E-state index contributed by atoms with van der Waals surface area (Å²) in [4.78, 5) is 16.0. The van der Waals surface area contributed by atoms with Crippen molar-refractivity contribution < 1.29 is 4.79 Å². The standard InChI is InChI=1S/C21H25ClN4O.HI/c1-23-20(27)16-7-3-5-14(11-16)9-10-25-21(24-2)26-19-13-18(19)15-6-4-8-17(22)12-15;/h3-8,11-12,18-19H,9-10,13H2,1-2H3,(H,23,27)(H2,24,25,26);1H. The zero-order chi connectivity index (χ0) is 19.2. The molecule has 2 aromatic carbocycles. The van der Waals surface area contributed by atoms with Gasteiger partial charge in [0.25, 0.3) is 5.91 Å². The Morgan fingerprint density at radius 1 is 1.21 bits per heavy atom. The number of aliphatic imine (C=N–C) groups is 1. The first-order valence-electron chi connectivity index (χ1n) is 9.14. The van der Waals surface area contributed by atoms with Crippen molar-refractivity contribution in [3.05, 3.63) is 70.2 Å². The molecule has 0 saturated heterocycles. The van der Waals surface area contributed by atoms with Crippen LogP contribution in [-0.4, -0.2) is 38.5 Å². The van der Waals surface area contributed by atoms with Gasteiger partial charge in [-0.15, -0.1) is 24.0 Å². The van der Waals surface area contributed by atoms with Crippen LogP contribution in [0.25, 0.3) is 0 Å². The van der Waals surface area contributed by atoms with Crippen LogP contribution >= 0.6 is 35.6 Å². The van der Waals surface area contributed by atoms with E-state index in [1.807, 2.05) is 42.5 Å². The van der Waals surface area contributed by atoms with Crippen LogP contribution in [0.1, 0.15) is 33.8 Å². The number of rotatable bonds is 6. The number of benzene rings is 2. The van der Waals surface area contributed by atoms with Crippen LogP contribution in [-0.2, 0) is 6.42 Å². The van der Waals surface area contributed by atoms with Gasteiger partial charge in [-0.3, -0.25) is 9.79 Å². The van der Waals surface area contributed by atoms with Crippen molar-refractivity contribution in [3.63, 3.8) is 0 Å². The summed E-state index contributed by atoms with van der Waals surface area (Å²) in [5, 5.41) is 10.2. The molecule has 0 bridgehead atoms. The molecule has 2 atom stereocenters. The second-order valence-electron chi connectivity index (χ2n) is 6.68. The Balaban J connectivity index is 0.00000280. The van der Waals surface area contributed by atoms with Crippen LogP contribution in [0.2, 0.25) is 5.02 Å². The summed E-state index contributed by atoms with van der Waals surface area (Å²) in [5.74, 6) is 1.21. The Morgan fingerprint density at radius 3 is 2.71 bits per heavy atom. The summed E-state index contributed by atoms with van der Waals surface area (Å²) in [5.41, 5.74) is 3.06. The molecule has 1 amide bonds. The van der Waals surface area contributed by atoms with Crippen molar-refractivity contribution in [2.24, 2.45) is 4.99 Å². The van der Waals surface area contributed by atoms with Crippen molar-refractivity contribution in [1.82, 2.24) is 16.0 Å². The van der Waals surface area contributed by atoms with E-state index >= 15 is 0 Å². The quantitative estimate of drug-likeness (QED) is 0.315. The normalized spacial score (nSPS) is 18.0. The van der Waals surface area contributed by atoms with Crippen LogP contribution in [0.3, 0.4) is 0 Å². The number of nitrogens with one attached hydrogen (secondary N) is 3. The molecule has 1 fully saturated rings. The number of nitrogens with zero attached hydrogens (tertiary/aromatic N) is 1. The maximum absolute atomic E-state index is 11.7. The van der Waals surface area contributed by atoms with E-state index in [0.717, 1.165) is 35.9 Å². The first-order chi connectivity index (χ1) is 13.1. The van der Waals surface area contributed by atoms with Gasteiger partial charge in [0.15, 0.2) is 5.96 Å². The predicted molar refractivity (Wildman–Crippen MR) is 126 cm³/mol. The zero-order valence-corrected chi connectivity index (χ0v) is 19.1. The molecule has 0 aromatic heterocycles. The fraction of sp³-hybridized carbons (Fsp3) is 0.333. The van der Waals surface area contributed by atoms with Gasteiger partial charge < -0.3 is 16.0 Å². The predicted octanol–water partition coefficient (Wildman–Crippen LogP) is 3.58. The molecule has 1 saturated carbocycles. The molecular weight excluding hydrogens is 487 g/mol. The minimum Gasteiger partial charge on any atom is -0.356 e. The van der Waals surface area contributed by atoms with E-state index in [-0.39, 0.29) is 29.9 Å². The molecule has 0 spiro atoms. The average Bonchev–Trinajstić information content (AvgIpc) is 3.46. The summed E-state index contributed by atoms with van der Waals surface area (Å²) in [7, 11) is 3.42. The number of carbonyl (C=O) groups excluding carboxylic acids is 1. The Labute approximate surface area is 188 Å². The summed E-state index contributed by atoms with van der Waals surface area (Å²) in [6.07, 6.45) is 1.89. The van der Waals surface area contributed by atoms with Crippen molar-refractivity contribution in [2.75, 3.05) is 20.6 Å². The van der Waals surface area contributed by atoms with Gasteiger partial charge in [-0.05, 0) is 48.2 Å². The first-order valence-corrected chi connectivity index (χ1v) is 9.52. The van der Waals surface area contributed by atoms with Crippen molar-refractivity contribution in [3.8, 4) is 0 Å². The lowest BCUT2D eigenvalue weighted by molar-refractivity contribution is 0.0963. The lowest BCUT2D eigenvalue weighted by Gasteiger charge is -2.12. The van der Waals surface area contributed by atoms with Gasteiger partial charge in [-0.25, -0.2) is 0 Å². The topological polar surface area (TPSA) is 65.5 Å². The van der Waals surface area contributed by atoms with Crippen molar-refractivity contribution >= 4 is 47.4 Å². The highest BCUT2D eigenvalue weighted by atomic mass is 127. The lowest BCUT2D eigenvalue weighted by Crippen LogP contribution is -2.39. The molecule has 150 valence electrons. The van der Waals surface area contributed by atoms with Crippen LogP contribution in [0.4, 0.5) is 0 Å². The number of hydrogen-bond donors (Lipinski definition) is 3. The molecule has 5 nitrogen and oxygen atoms in total. The summed E-state index contributed by atoms with van der Waals surface area (Å²) >= 11 is 6.08. The fourth-order valence-electron chi connectivity index (χ4n) is 3.17. The maximum Gasteiger partial charge on any atom is 0.251 e. The Bertz CT molecular complexity index is 843. The van der Waals surface area contributed by atoms with Gasteiger partial charge in [0.05, 0.1) is 0 Å². The molecule has 3 rings (SSSR count). The highest BCUT2D eigenvalue weighted by molar-refractivity contribution is 14.0. The largest absolute Gasteiger partial charge is 0.356 e. The second-order valence-corrected chi connectivity index (χ2v) is 7.11. The number of carbonyl (C=O) groups is 1. The molecule has 7 heteroatoms.